The highest BCUT2D eigenvalue weighted by molar-refractivity contribution is 6.00. The predicted molar refractivity (Wildman–Crippen MR) is 122 cm³/mol. The van der Waals surface area contributed by atoms with Crippen LogP contribution in [0.15, 0.2) is 57.2 Å². The number of rotatable bonds is 4. The maximum absolute atomic E-state index is 13.6. The van der Waals surface area contributed by atoms with Gasteiger partial charge in [-0.1, -0.05) is 18.2 Å². The first kappa shape index (κ1) is 21.6. The maximum Gasteiger partial charge on any atom is 0.315 e. The Morgan fingerprint density at radius 1 is 1.24 bits per heavy atom. The van der Waals surface area contributed by atoms with E-state index in [2.05, 4.69) is 11.9 Å². The molecule has 1 saturated heterocycles. The molecule has 0 bridgehead atoms. The summed E-state index contributed by atoms with van der Waals surface area (Å²) in [6, 6.07) is 5.39. The monoisotopic (exact) mass is 449 g/mol. The zero-order valence-electron chi connectivity index (χ0n) is 18.6. The van der Waals surface area contributed by atoms with E-state index < -0.39 is 17.8 Å². The molecule has 0 radical (unpaired) electrons. The second kappa shape index (κ2) is 8.63. The van der Waals surface area contributed by atoms with Crippen molar-refractivity contribution in [2.45, 2.75) is 51.0 Å². The Labute approximate surface area is 191 Å². The molecule has 3 unspecified atom stereocenters. The highest BCUT2D eigenvalue weighted by atomic mass is 16.6. The Kier molecular flexibility index (Phi) is 5.66. The number of aryl methyl sites for hydroxylation is 1. The van der Waals surface area contributed by atoms with Crippen molar-refractivity contribution in [3.05, 3.63) is 69.4 Å². The topological polar surface area (TPSA) is 94.8 Å². The van der Waals surface area contributed by atoms with Crippen molar-refractivity contribution < 1.29 is 23.5 Å². The largest absolute Gasteiger partial charge is 0.464 e. The lowest BCUT2D eigenvalue weighted by Gasteiger charge is -2.37. The summed E-state index contributed by atoms with van der Waals surface area (Å²) in [5.41, 5.74) is 3.03. The number of ether oxygens (including phenoxy) is 2. The van der Waals surface area contributed by atoms with Gasteiger partial charge in [0.05, 0.1) is 17.8 Å². The van der Waals surface area contributed by atoms with Gasteiger partial charge in [0.1, 0.15) is 18.1 Å². The third kappa shape index (κ3) is 3.91. The van der Waals surface area contributed by atoms with Crippen molar-refractivity contribution in [2.75, 3.05) is 13.2 Å². The number of hydrogen-bond acceptors (Lipinski definition) is 7. The lowest BCUT2D eigenvalue weighted by molar-refractivity contribution is -0.151. The standard InChI is InChI=1S/C26H27NO6/c1-14-8-9-21-17(11-14)25(29)18(13-32-21)23-22(26(30)33-12-16-5-4-10-31-16)15(2)27-19-6-3-7-20(28)24(19)23/h8-9,11,13,16,22-23,27H,2-7,10,12H2,1H3. The van der Waals surface area contributed by atoms with Gasteiger partial charge < -0.3 is 19.2 Å². The normalized spacial score (nSPS) is 25.2. The van der Waals surface area contributed by atoms with Crippen LogP contribution in [0.1, 0.15) is 49.1 Å². The minimum Gasteiger partial charge on any atom is -0.464 e. The third-order valence-electron chi connectivity index (χ3n) is 6.77. The highest BCUT2D eigenvalue weighted by Crippen LogP contribution is 2.43. The van der Waals surface area contributed by atoms with Gasteiger partial charge in [0, 0.05) is 41.5 Å². The van der Waals surface area contributed by atoms with Gasteiger partial charge in [0.2, 0.25) is 0 Å². The Hall–Kier alpha value is -3.19. The highest BCUT2D eigenvalue weighted by Gasteiger charge is 2.45. The summed E-state index contributed by atoms with van der Waals surface area (Å²) >= 11 is 0. The summed E-state index contributed by atoms with van der Waals surface area (Å²) < 4.78 is 17.0. The third-order valence-corrected chi connectivity index (χ3v) is 6.77. The number of fused-ring (bicyclic) bond motifs is 1. The molecule has 7 nitrogen and oxygen atoms in total. The minimum atomic E-state index is -0.919. The molecule has 33 heavy (non-hydrogen) atoms. The van der Waals surface area contributed by atoms with E-state index in [9.17, 15) is 14.4 Å². The van der Waals surface area contributed by atoms with Crippen molar-refractivity contribution in [3.8, 4) is 0 Å². The van der Waals surface area contributed by atoms with E-state index in [4.69, 9.17) is 13.9 Å². The number of esters is 1. The summed E-state index contributed by atoms with van der Waals surface area (Å²) in [6.45, 7) is 6.77. The molecular formula is C26H27NO6. The lowest BCUT2D eigenvalue weighted by atomic mass is 9.71. The van der Waals surface area contributed by atoms with Crippen LogP contribution in [0.4, 0.5) is 0 Å². The molecule has 3 aliphatic rings. The molecule has 1 N–H and O–H groups in total. The molecule has 1 aromatic heterocycles. The minimum absolute atomic E-state index is 0.0677. The molecule has 3 heterocycles. The zero-order valence-corrected chi connectivity index (χ0v) is 18.6. The molecule has 5 rings (SSSR count). The molecule has 1 aromatic carbocycles. The van der Waals surface area contributed by atoms with Gasteiger partial charge in [-0.15, -0.1) is 0 Å². The SMILES string of the molecule is C=C1NC2=C(C(=O)CCC2)C(c2coc3ccc(C)cc3c2=O)C1C(=O)OCC1CCCO1. The lowest BCUT2D eigenvalue weighted by Crippen LogP contribution is -2.42. The van der Waals surface area contributed by atoms with Crippen molar-refractivity contribution in [1.29, 1.82) is 0 Å². The van der Waals surface area contributed by atoms with Crippen LogP contribution >= 0.6 is 0 Å². The van der Waals surface area contributed by atoms with Gasteiger partial charge in [0.15, 0.2) is 11.2 Å². The van der Waals surface area contributed by atoms with Gasteiger partial charge in [-0.3, -0.25) is 14.4 Å². The molecule has 2 aliphatic heterocycles. The number of allylic oxidation sites excluding steroid dienone is 2. The van der Waals surface area contributed by atoms with Crippen LogP contribution in [-0.4, -0.2) is 31.1 Å². The Balaban J connectivity index is 1.60. The molecule has 3 atom stereocenters. The first-order valence-electron chi connectivity index (χ1n) is 11.5. The number of hydrogen-bond donors (Lipinski definition) is 1. The van der Waals surface area contributed by atoms with E-state index in [1.54, 1.807) is 12.1 Å². The fourth-order valence-corrected chi connectivity index (χ4v) is 5.12. The van der Waals surface area contributed by atoms with Crippen LogP contribution in [0.2, 0.25) is 0 Å². The maximum atomic E-state index is 13.6. The first-order chi connectivity index (χ1) is 15.9. The van der Waals surface area contributed by atoms with Gasteiger partial charge in [-0.2, -0.15) is 0 Å². The van der Waals surface area contributed by atoms with Gasteiger partial charge in [0.25, 0.3) is 0 Å². The van der Waals surface area contributed by atoms with Crippen LogP contribution in [0.25, 0.3) is 11.0 Å². The number of nitrogens with one attached hydrogen (secondary N) is 1. The smallest absolute Gasteiger partial charge is 0.315 e. The van der Waals surface area contributed by atoms with Crippen LogP contribution in [0, 0.1) is 12.8 Å². The van der Waals surface area contributed by atoms with Crippen LogP contribution in [-0.2, 0) is 19.1 Å². The van der Waals surface area contributed by atoms with Crippen molar-refractivity contribution in [1.82, 2.24) is 5.32 Å². The van der Waals surface area contributed by atoms with Crippen LogP contribution < -0.4 is 10.7 Å². The fourth-order valence-electron chi connectivity index (χ4n) is 5.12. The molecule has 0 spiro atoms. The second-order valence-electron chi connectivity index (χ2n) is 9.06. The quantitative estimate of drug-likeness (QED) is 0.712. The summed E-state index contributed by atoms with van der Waals surface area (Å²) in [7, 11) is 0. The van der Waals surface area contributed by atoms with Crippen LogP contribution in [0.3, 0.4) is 0 Å². The predicted octanol–water partition coefficient (Wildman–Crippen LogP) is 3.65. The number of carbonyl (C=O) groups excluding carboxylic acids is 2. The zero-order chi connectivity index (χ0) is 23.1. The Morgan fingerprint density at radius 3 is 2.88 bits per heavy atom. The van der Waals surface area contributed by atoms with Crippen LogP contribution in [0.5, 0.6) is 0 Å². The van der Waals surface area contributed by atoms with Crippen molar-refractivity contribution >= 4 is 22.7 Å². The summed E-state index contributed by atoms with van der Waals surface area (Å²) in [5.74, 6) is -2.32. The number of Topliss-reactive ketones (excluding diaryl/α,β-unsaturated/α-hetero) is 1. The summed E-state index contributed by atoms with van der Waals surface area (Å²) in [4.78, 5) is 40.0. The average molecular weight is 450 g/mol. The van der Waals surface area contributed by atoms with Gasteiger partial charge >= 0.3 is 5.97 Å². The molecule has 0 saturated carbocycles. The molecular weight excluding hydrogens is 422 g/mol. The van der Waals surface area contributed by atoms with Gasteiger partial charge in [-0.05, 0) is 44.7 Å². The fraction of sp³-hybridized carbons (Fsp3) is 0.423. The number of benzene rings is 1. The van der Waals surface area contributed by atoms with Crippen molar-refractivity contribution in [3.63, 3.8) is 0 Å². The van der Waals surface area contributed by atoms with E-state index in [0.717, 1.165) is 24.1 Å². The molecule has 1 aliphatic carbocycles. The van der Waals surface area contributed by atoms with Crippen molar-refractivity contribution in [2.24, 2.45) is 5.92 Å². The molecule has 0 amide bonds. The summed E-state index contributed by atoms with van der Waals surface area (Å²) in [5, 5.41) is 3.60. The number of carbonyl (C=O) groups is 2. The van der Waals surface area contributed by atoms with E-state index >= 15 is 0 Å². The summed E-state index contributed by atoms with van der Waals surface area (Å²) in [6.07, 6.45) is 4.77. The number of ketones is 1. The Bertz CT molecular complexity index is 1230. The molecule has 1 fully saturated rings. The van der Waals surface area contributed by atoms with E-state index in [1.165, 1.54) is 6.26 Å². The molecule has 2 aromatic rings. The average Bonchev–Trinajstić information content (AvgIpc) is 3.31. The van der Waals surface area contributed by atoms with E-state index in [0.29, 0.717) is 48.1 Å². The molecule has 7 heteroatoms. The first-order valence-corrected chi connectivity index (χ1v) is 11.5. The van der Waals surface area contributed by atoms with E-state index in [-0.39, 0.29) is 29.5 Å². The van der Waals surface area contributed by atoms with E-state index in [1.807, 2.05) is 13.0 Å². The second-order valence-corrected chi connectivity index (χ2v) is 9.06. The Morgan fingerprint density at radius 2 is 2.09 bits per heavy atom. The van der Waals surface area contributed by atoms with Gasteiger partial charge in [-0.25, -0.2) is 0 Å². The molecule has 172 valence electrons.